The van der Waals surface area contributed by atoms with Crippen LogP contribution >= 0.6 is 11.3 Å². The number of thiazole rings is 1. The Morgan fingerprint density at radius 2 is 1.92 bits per heavy atom. The van der Waals surface area contributed by atoms with E-state index >= 15 is 0 Å². The number of ether oxygens (including phenoxy) is 1. The van der Waals surface area contributed by atoms with Crippen molar-refractivity contribution in [1.82, 2.24) is 4.98 Å². The molecule has 0 saturated carbocycles. The number of carbonyl (C=O) groups is 2. The van der Waals surface area contributed by atoms with E-state index < -0.39 is 10.0 Å². The fourth-order valence-corrected chi connectivity index (χ4v) is 4.76. The number of benzene rings is 1. The quantitative estimate of drug-likeness (QED) is 0.779. The molecule has 3 rings (SSSR count). The van der Waals surface area contributed by atoms with E-state index in [-0.39, 0.29) is 46.1 Å². The Kier molecular flexibility index (Phi) is 4.97. The number of imide groups is 1. The molecule has 2 amide bonds. The van der Waals surface area contributed by atoms with Gasteiger partial charge in [-0.25, -0.2) is 13.4 Å². The summed E-state index contributed by atoms with van der Waals surface area (Å²) < 4.78 is 33.1. The van der Waals surface area contributed by atoms with Gasteiger partial charge in [-0.15, -0.1) is 11.3 Å². The van der Waals surface area contributed by atoms with Crippen LogP contribution in [-0.2, 0) is 19.6 Å². The van der Waals surface area contributed by atoms with Gasteiger partial charge in [0, 0.05) is 18.2 Å². The van der Waals surface area contributed by atoms with Gasteiger partial charge in [0.15, 0.2) is 5.13 Å². The smallest absolute Gasteiger partial charge is 0.267 e. The topological polar surface area (TPSA) is 106 Å². The summed E-state index contributed by atoms with van der Waals surface area (Å²) in [5.74, 6) is -0.594. The van der Waals surface area contributed by atoms with Crippen LogP contribution in [-0.4, -0.2) is 32.3 Å². The largest absolute Gasteiger partial charge is 0.495 e. The highest BCUT2D eigenvalue weighted by Gasteiger charge is 2.30. The van der Waals surface area contributed by atoms with Gasteiger partial charge < -0.3 is 4.74 Å². The van der Waals surface area contributed by atoms with Gasteiger partial charge in [0.25, 0.3) is 10.0 Å². The molecule has 10 heteroatoms. The van der Waals surface area contributed by atoms with Crippen LogP contribution in [0.15, 0.2) is 28.5 Å². The van der Waals surface area contributed by atoms with Gasteiger partial charge >= 0.3 is 0 Å². The molecule has 2 aromatic rings. The molecule has 1 saturated heterocycles. The molecule has 0 aliphatic carbocycles. The second kappa shape index (κ2) is 7.04. The highest BCUT2D eigenvalue weighted by molar-refractivity contribution is 7.93. The van der Waals surface area contributed by atoms with Crippen molar-refractivity contribution in [2.45, 2.75) is 31.1 Å². The van der Waals surface area contributed by atoms with E-state index in [1.54, 1.807) is 12.3 Å². The van der Waals surface area contributed by atoms with E-state index in [4.69, 9.17) is 4.74 Å². The summed E-state index contributed by atoms with van der Waals surface area (Å²) in [5.41, 5.74) is 0.897. The second-order valence-corrected chi connectivity index (χ2v) is 8.22. The highest BCUT2D eigenvalue weighted by Crippen LogP contribution is 2.32. The number of nitrogens with one attached hydrogen (secondary N) is 1. The average molecular weight is 395 g/mol. The zero-order chi connectivity index (χ0) is 18.9. The van der Waals surface area contributed by atoms with E-state index in [1.165, 1.54) is 25.3 Å². The number of sulfonamides is 1. The third-order valence-corrected chi connectivity index (χ3v) is 6.18. The van der Waals surface area contributed by atoms with Crippen LogP contribution in [0.4, 0.5) is 10.8 Å². The number of hydrogen-bond donors (Lipinski definition) is 1. The lowest BCUT2D eigenvalue weighted by Gasteiger charge is -2.25. The summed E-state index contributed by atoms with van der Waals surface area (Å²) in [6, 6.07) is 4.18. The summed E-state index contributed by atoms with van der Waals surface area (Å²) >= 11 is 1.16. The van der Waals surface area contributed by atoms with Crippen LogP contribution in [0.1, 0.15) is 25.0 Å². The average Bonchev–Trinajstić information content (AvgIpc) is 2.98. The van der Waals surface area contributed by atoms with Crippen LogP contribution < -0.4 is 14.4 Å². The van der Waals surface area contributed by atoms with Crippen molar-refractivity contribution in [2.75, 3.05) is 16.7 Å². The number of aromatic nitrogens is 1. The zero-order valence-corrected chi connectivity index (χ0v) is 15.8. The first-order valence-electron chi connectivity index (χ1n) is 7.80. The molecule has 1 aliphatic rings. The fourth-order valence-electron chi connectivity index (χ4n) is 2.63. The summed E-state index contributed by atoms with van der Waals surface area (Å²) in [7, 11) is -2.67. The maximum Gasteiger partial charge on any atom is 0.267 e. The Morgan fingerprint density at radius 1 is 1.23 bits per heavy atom. The molecule has 0 unspecified atom stereocenters. The van der Waals surface area contributed by atoms with Crippen LogP contribution in [0.2, 0.25) is 0 Å². The molecular weight excluding hydrogens is 378 g/mol. The number of rotatable bonds is 5. The molecule has 1 N–H and O–H groups in total. The third kappa shape index (κ3) is 3.56. The van der Waals surface area contributed by atoms with E-state index in [0.29, 0.717) is 12.1 Å². The van der Waals surface area contributed by atoms with Crippen molar-refractivity contribution >= 4 is 44.0 Å². The number of carbonyl (C=O) groups excluding carboxylic acids is 2. The van der Waals surface area contributed by atoms with Crippen LogP contribution in [0.5, 0.6) is 5.75 Å². The number of piperidine rings is 1. The van der Waals surface area contributed by atoms with Gasteiger partial charge in [-0.1, -0.05) is 0 Å². The van der Waals surface area contributed by atoms with Crippen LogP contribution in [0.25, 0.3) is 0 Å². The van der Waals surface area contributed by atoms with Crippen molar-refractivity contribution in [3.05, 3.63) is 29.3 Å². The lowest BCUT2D eigenvalue weighted by atomic mass is 10.1. The molecule has 0 radical (unpaired) electrons. The maximum absolute atomic E-state index is 12.8. The van der Waals surface area contributed by atoms with E-state index in [9.17, 15) is 18.0 Å². The van der Waals surface area contributed by atoms with Gasteiger partial charge in [0.2, 0.25) is 11.8 Å². The van der Waals surface area contributed by atoms with Gasteiger partial charge in [-0.3, -0.25) is 19.2 Å². The molecule has 1 aromatic heterocycles. The minimum atomic E-state index is -4.02. The molecule has 0 spiro atoms. The molecular formula is C16H17N3O5S2. The molecule has 1 aromatic carbocycles. The summed E-state index contributed by atoms with van der Waals surface area (Å²) in [6.07, 6.45) is 0.993. The van der Waals surface area contributed by atoms with Gasteiger partial charge in [-0.2, -0.15) is 0 Å². The SMILES string of the molecule is COc1ccc(N2C(=O)CCCC2=O)cc1S(=O)(=O)Nc1nc(C)cs1. The van der Waals surface area contributed by atoms with Crippen LogP contribution in [0.3, 0.4) is 0 Å². The number of hydrogen-bond acceptors (Lipinski definition) is 7. The first-order chi connectivity index (χ1) is 12.3. The predicted molar refractivity (Wildman–Crippen MR) is 97.0 cm³/mol. The Balaban J connectivity index is 2.02. The van der Waals surface area contributed by atoms with Crippen molar-refractivity contribution in [3.63, 3.8) is 0 Å². The monoisotopic (exact) mass is 395 g/mol. The maximum atomic E-state index is 12.8. The molecule has 1 fully saturated rings. The van der Waals surface area contributed by atoms with Gasteiger partial charge in [-0.05, 0) is 31.5 Å². The van der Waals surface area contributed by atoms with E-state index in [2.05, 4.69) is 9.71 Å². The highest BCUT2D eigenvalue weighted by atomic mass is 32.2. The number of anilines is 2. The zero-order valence-electron chi connectivity index (χ0n) is 14.2. The van der Waals surface area contributed by atoms with Crippen molar-refractivity contribution < 1.29 is 22.7 Å². The Hall–Kier alpha value is -2.46. The van der Waals surface area contributed by atoms with Crippen LogP contribution in [0, 0.1) is 6.92 Å². The first-order valence-corrected chi connectivity index (χ1v) is 10.2. The summed E-state index contributed by atoms with van der Waals surface area (Å²) in [5, 5.41) is 1.94. The molecule has 1 aliphatic heterocycles. The number of amides is 2. The van der Waals surface area contributed by atoms with Crippen molar-refractivity contribution in [3.8, 4) is 5.75 Å². The summed E-state index contributed by atoms with van der Waals surface area (Å²) in [6.45, 7) is 1.75. The Bertz CT molecular complexity index is 952. The molecule has 138 valence electrons. The van der Waals surface area contributed by atoms with Crippen molar-refractivity contribution in [2.24, 2.45) is 0 Å². The number of aryl methyl sites for hydroxylation is 1. The second-order valence-electron chi connectivity index (χ2n) is 5.71. The minimum absolute atomic E-state index is 0.103. The van der Waals surface area contributed by atoms with E-state index in [1.807, 2.05) is 0 Å². The fraction of sp³-hybridized carbons (Fsp3) is 0.312. The van der Waals surface area contributed by atoms with Crippen molar-refractivity contribution in [1.29, 1.82) is 0 Å². The van der Waals surface area contributed by atoms with Gasteiger partial charge in [0.05, 0.1) is 18.5 Å². The number of nitrogens with zero attached hydrogens (tertiary/aromatic N) is 2. The number of methoxy groups -OCH3 is 1. The predicted octanol–water partition coefficient (Wildman–Crippen LogP) is 2.30. The first kappa shape index (κ1) is 18.3. The molecule has 0 bridgehead atoms. The Morgan fingerprint density at radius 3 is 2.50 bits per heavy atom. The minimum Gasteiger partial charge on any atom is -0.495 e. The normalized spacial score (nSPS) is 15.2. The van der Waals surface area contributed by atoms with E-state index in [0.717, 1.165) is 16.2 Å². The standard InChI is InChI=1S/C16H17N3O5S2/c1-10-9-25-16(17-10)18-26(22,23)13-8-11(6-7-12(13)24-2)19-14(20)4-3-5-15(19)21/h6-9H,3-5H2,1-2H3,(H,17,18). The molecule has 0 atom stereocenters. The molecule has 2 heterocycles. The Labute approximate surface area is 154 Å². The van der Waals surface area contributed by atoms with Gasteiger partial charge in [0.1, 0.15) is 10.6 Å². The summed E-state index contributed by atoms with van der Waals surface area (Å²) in [4.78, 5) is 29.2. The molecule has 26 heavy (non-hydrogen) atoms. The molecule has 8 nitrogen and oxygen atoms in total. The lowest BCUT2D eigenvalue weighted by molar-refractivity contribution is -0.129. The lowest BCUT2D eigenvalue weighted by Crippen LogP contribution is -2.40. The third-order valence-electron chi connectivity index (χ3n) is 3.82.